The van der Waals surface area contributed by atoms with Crippen molar-refractivity contribution in [3.8, 4) is 11.5 Å². The number of hydrogen-bond acceptors (Lipinski definition) is 3. The van der Waals surface area contributed by atoms with Gasteiger partial charge in [-0.05, 0) is 37.6 Å². The lowest BCUT2D eigenvalue weighted by molar-refractivity contribution is -0.122. The van der Waals surface area contributed by atoms with Crippen LogP contribution in [-0.4, -0.2) is 19.1 Å². The number of anilines is 1. The van der Waals surface area contributed by atoms with Crippen LogP contribution in [0.25, 0.3) is 0 Å². The van der Waals surface area contributed by atoms with E-state index in [4.69, 9.17) is 9.47 Å². The molecule has 0 aliphatic heterocycles. The summed E-state index contributed by atoms with van der Waals surface area (Å²) in [5.74, 6) is 1.16. The third-order valence-corrected chi connectivity index (χ3v) is 3.30. The van der Waals surface area contributed by atoms with Crippen LogP contribution in [0.5, 0.6) is 11.5 Å². The number of nitrogens with one attached hydrogen (secondary N) is 1. The SMILES string of the molecule is CC[C@H](Oc1cccc(OC)c1)C(=O)Nc1ccc(C)cc1. The van der Waals surface area contributed by atoms with E-state index in [1.165, 1.54) is 0 Å². The molecule has 116 valence electrons. The van der Waals surface area contributed by atoms with Gasteiger partial charge in [0.15, 0.2) is 6.10 Å². The maximum atomic E-state index is 12.3. The predicted molar refractivity (Wildman–Crippen MR) is 87.5 cm³/mol. The van der Waals surface area contributed by atoms with Crippen LogP contribution < -0.4 is 14.8 Å². The molecular weight excluding hydrogens is 278 g/mol. The Kier molecular flexibility index (Phi) is 5.42. The summed E-state index contributed by atoms with van der Waals surface area (Å²) in [7, 11) is 1.60. The molecule has 0 radical (unpaired) electrons. The molecule has 0 fully saturated rings. The van der Waals surface area contributed by atoms with Crippen LogP contribution in [0.4, 0.5) is 5.69 Å². The first kappa shape index (κ1) is 15.9. The molecule has 0 saturated heterocycles. The van der Waals surface area contributed by atoms with Gasteiger partial charge < -0.3 is 14.8 Å². The van der Waals surface area contributed by atoms with Gasteiger partial charge in [0.25, 0.3) is 5.91 Å². The average molecular weight is 299 g/mol. The number of carbonyl (C=O) groups is 1. The fourth-order valence-corrected chi connectivity index (χ4v) is 2.02. The first-order chi connectivity index (χ1) is 10.6. The molecule has 0 saturated carbocycles. The Labute approximate surface area is 131 Å². The van der Waals surface area contributed by atoms with Crippen LogP contribution in [0.2, 0.25) is 0 Å². The van der Waals surface area contributed by atoms with E-state index in [2.05, 4.69) is 5.32 Å². The van der Waals surface area contributed by atoms with E-state index in [1.807, 2.05) is 56.3 Å². The maximum Gasteiger partial charge on any atom is 0.265 e. The van der Waals surface area contributed by atoms with E-state index >= 15 is 0 Å². The van der Waals surface area contributed by atoms with E-state index in [1.54, 1.807) is 13.2 Å². The monoisotopic (exact) mass is 299 g/mol. The van der Waals surface area contributed by atoms with Crippen LogP contribution in [0.3, 0.4) is 0 Å². The summed E-state index contributed by atoms with van der Waals surface area (Å²) < 4.78 is 10.9. The third-order valence-electron chi connectivity index (χ3n) is 3.30. The zero-order chi connectivity index (χ0) is 15.9. The van der Waals surface area contributed by atoms with Crippen molar-refractivity contribution >= 4 is 11.6 Å². The van der Waals surface area contributed by atoms with Crippen molar-refractivity contribution in [3.63, 3.8) is 0 Å². The summed E-state index contributed by atoms with van der Waals surface area (Å²) in [6, 6.07) is 14.9. The summed E-state index contributed by atoms with van der Waals surface area (Å²) in [6.07, 6.45) is 0.0305. The standard InChI is InChI=1S/C18H21NO3/c1-4-17(22-16-7-5-6-15(12-16)21-3)18(20)19-14-10-8-13(2)9-11-14/h5-12,17H,4H2,1-3H3,(H,19,20)/t17-/m0/s1. The summed E-state index contributed by atoms with van der Waals surface area (Å²) in [6.45, 7) is 3.92. The summed E-state index contributed by atoms with van der Waals surface area (Å²) in [5, 5.41) is 2.87. The van der Waals surface area contributed by atoms with E-state index < -0.39 is 6.10 Å². The highest BCUT2D eigenvalue weighted by Crippen LogP contribution is 2.21. The van der Waals surface area contributed by atoms with E-state index in [0.29, 0.717) is 17.9 Å². The predicted octanol–water partition coefficient (Wildman–Crippen LogP) is 3.80. The van der Waals surface area contributed by atoms with Gasteiger partial charge in [0.2, 0.25) is 0 Å². The van der Waals surface area contributed by atoms with Crippen molar-refractivity contribution in [2.45, 2.75) is 26.4 Å². The Morgan fingerprint density at radius 1 is 1.14 bits per heavy atom. The zero-order valence-corrected chi connectivity index (χ0v) is 13.1. The Morgan fingerprint density at radius 3 is 2.45 bits per heavy atom. The fourth-order valence-electron chi connectivity index (χ4n) is 2.02. The van der Waals surface area contributed by atoms with Gasteiger partial charge in [-0.1, -0.05) is 30.7 Å². The second-order valence-corrected chi connectivity index (χ2v) is 5.05. The Hall–Kier alpha value is -2.49. The molecule has 0 aliphatic rings. The molecule has 2 aromatic rings. The highest BCUT2D eigenvalue weighted by atomic mass is 16.5. The average Bonchev–Trinajstić information content (AvgIpc) is 2.54. The number of ether oxygens (including phenoxy) is 2. The number of amides is 1. The molecule has 0 unspecified atom stereocenters. The number of benzene rings is 2. The number of methoxy groups -OCH3 is 1. The maximum absolute atomic E-state index is 12.3. The minimum Gasteiger partial charge on any atom is -0.497 e. The first-order valence-electron chi connectivity index (χ1n) is 7.30. The van der Waals surface area contributed by atoms with Crippen molar-refractivity contribution in [1.29, 1.82) is 0 Å². The Bertz CT molecular complexity index is 622. The molecule has 0 spiro atoms. The van der Waals surface area contributed by atoms with Crippen molar-refractivity contribution in [2.75, 3.05) is 12.4 Å². The molecule has 4 heteroatoms. The summed E-state index contributed by atoms with van der Waals surface area (Å²) in [5.41, 5.74) is 1.92. The van der Waals surface area contributed by atoms with Gasteiger partial charge in [0.05, 0.1) is 7.11 Å². The van der Waals surface area contributed by atoms with Crippen molar-refractivity contribution in [2.24, 2.45) is 0 Å². The minimum atomic E-state index is -0.548. The molecule has 2 aromatic carbocycles. The summed E-state index contributed by atoms with van der Waals surface area (Å²) >= 11 is 0. The Morgan fingerprint density at radius 2 is 1.82 bits per heavy atom. The number of hydrogen-bond donors (Lipinski definition) is 1. The summed E-state index contributed by atoms with van der Waals surface area (Å²) in [4.78, 5) is 12.3. The lowest BCUT2D eigenvalue weighted by Gasteiger charge is -2.17. The second-order valence-electron chi connectivity index (χ2n) is 5.05. The highest BCUT2D eigenvalue weighted by Gasteiger charge is 2.18. The Balaban J connectivity index is 2.03. The van der Waals surface area contributed by atoms with Gasteiger partial charge in [-0.2, -0.15) is 0 Å². The number of rotatable bonds is 6. The van der Waals surface area contributed by atoms with Crippen molar-refractivity contribution < 1.29 is 14.3 Å². The van der Waals surface area contributed by atoms with Gasteiger partial charge in [-0.25, -0.2) is 0 Å². The smallest absolute Gasteiger partial charge is 0.265 e. The lowest BCUT2D eigenvalue weighted by Crippen LogP contribution is -2.32. The molecule has 1 N–H and O–H groups in total. The van der Waals surface area contributed by atoms with Crippen LogP contribution in [0.15, 0.2) is 48.5 Å². The van der Waals surface area contributed by atoms with Gasteiger partial charge in [-0.15, -0.1) is 0 Å². The van der Waals surface area contributed by atoms with Crippen LogP contribution >= 0.6 is 0 Å². The topological polar surface area (TPSA) is 47.6 Å². The van der Waals surface area contributed by atoms with Gasteiger partial charge in [-0.3, -0.25) is 4.79 Å². The quantitative estimate of drug-likeness (QED) is 0.882. The molecular formula is C18H21NO3. The number of aryl methyl sites for hydroxylation is 1. The highest BCUT2D eigenvalue weighted by molar-refractivity contribution is 5.94. The van der Waals surface area contributed by atoms with E-state index in [-0.39, 0.29) is 5.91 Å². The lowest BCUT2D eigenvalue weighted by atomic mass is 10.2. The molecule has 0 aromatic heterocycles. The molecule has 2 rings (SSSR count). The van der Waals surface area contributed by atoms with Crippen molar-refractivity contribution in [1.82, 2.24) is 0 Å². The van der Waals surface area contributed by atoms with E-state index in [9.17, 15) is 4.79 Å². The molecule has 4 nitrogen and oxygen atoms in total. The first-order valence-corrected chi connectivity index (χ1v) is 7.30. The van der Waals surface area contributed by atoms with Crippen LogP contribution in [0, 0.1) is 6.92 Å². The largest absolute Gasteiger partial charge is 0.497 e. The number of carbonyl (C=O) groups excluding carboxylic acids is 1. The van der Waals surface area contributed by atoms with Gasteiger partial charge >= 0.3 is 0 Å². The fraction of sp³-hybridized carbons (Fsp3) is 0.278. The van der Waals surface area contributed by atoms with Crippen LogP contribution in [0.1, 0.15) is 18.9 Å². The van der Waals surface area contributed by atoms with Crippen LogP contribution in [-0.2, 0) is 4.79 Å². The third kappa shape index (κ3) is 4.25. The zero-order valence-electron chi connectivity index (χ0n) is 13.1. The van der Waals surface area contributed by atoms with Crippen molar-refractivity contribution in [3.05, 3.63) is 54.1 Å². The van der Waals surface area contributed by atoms with Gasteiger partial charge in [0.1, 0.15) is 11.5 Å². The molecule has 1 amide bonds. The molecule has 0 aliphatic carbocycles. The molecule has 0 bridgehead atoms. The molecule has 1 atom stereocenters. The molecule has 22 heavy (non-hydrogen) atoms. The van der Waals surface area contributed by atoms with E-state index in [0.717, 1.165) is 11.3 Å². The normalized spacial score (nSPS) is 11.6. The van der Waals surface area contributed by atoms with Gasteiger partial charge in [0, 0.05) is 11.8 Å². The minimum absolute atomic E-state index is 0.158. The molecule has 0 heterocycles. The second kappa shape index (κ2) is 7.50.